The van der Waals surface area contributed by atoms with Gasteiger partial charge in [0.25, 0.3) is 5.91 Å². The third-order valence-electron chi connectivity index (χ3n) is 5.82. The van der Waals surface area contributed by atoms with Crippen LogP contribution < -0.4 is 15.9 Å². The lowest BCUT2D eigenvalue weighted by molar-refractivity contribution is -0.118. The largest absolute Gasteiger partial charge is 0.350 e. The molecule has 1 aromatic heterocycles. The average Bonchev–Trinajstić information content (AvgIpc) is 3.00. The van der Waals surface area contributed by atoms with Gasteiger partial charge in [-0.05, 0) is 56.5 Å². The summed E-state index contributed by atoms with van der Waals surface area (Å²) >= 11 is 0. The molecule has 7 nitrogen and oxygen atoms in total. The van der Waals surface area contributed by atoms with Gasteiger partial charge in [-0.1, -0.05) is 18.2 Å². The number of hydrogen-bond acceptors (Lipinski definition) is 3. The third-order valence-corrected chi connectivity index (χ3v) is 5.82. The lowest BCUT2D eigenvalue weighted by Crippen LogP contribution is -2.38. The van der Waals surface area contributed by atoms with E-state index in [1.807, 2.05) is 56.3 Å². The Morgan fingerprint density at radius 2 is 1.81 bits per heavy atom. The van der Waals surface area contributed by atoms with Crippen LogP contribution in [0.3, 0.4) is 0 Å². The fourth-order valence-electron chi connectivity index (χ4n) is 4.36. The van der Waals surface area contributed by atoms with Crippen LogP contribution in [0, 0.1) is 0 Å². The van der Waals surface area contributed by atoms with Crippen LogP contribution in [0.25, 0.3) is 11.0 Å². The van der Waals surface area contributed by atoms with Crippen LogP contribution in [0.1, 0.15) is 42.6 Å². The maximum Gasteiger partial charge on any atom is 0.328 e. The Kier molecular flexibility index (Phi) is 5.67. The summed E-state index contributed by atoms with van der Waals surface area (Å²) in [4.78, 5) is 40.2. The number of amides is 2. The highest BCUT2D eigenvalue weighted by molar-refractivity contribution is 6.01. The predicted molar refractivity (Wildman–Crippen MR) is 122 cm³/mol. The van der Waals surface area contributed by atoms with Gasteiger partial charge in [-0.2, -0.15) is 0 Å². The van der Waals surface area contributed by atoms with Gasteiger partial charge < -0.3 is 10.2 Å². The van der Waals surface area contributed by atoms with E-state index in [1.165, 1.54) is 0 Å². The molecule has 0 saturated heterocycles. The van der Waals surface area contributed by atoms with Crippen LogP contribution in [0.4, 0.5) is 5.69 Å². The Morgan fingerprint density at radius 3 is 2.55 bits per heavy atom. The fraction of sp³-hybridized carbons (Fsp3) is 0.375. The van der Waals surface area contributed by atoms with E-state index < -0.39 is 0 Å². The van der Waals surface area contributed by atoms with Gasteiger partial charge in [-0.25, -0.2) is 4.79 Å². The van der Waals surface area contributed by atoms with Gasteiger partial charge in [0.1, 0.15) is 0 Å². The van der Waals surface area contributed by atoms with Gasteiger partial charge in [-0.15, -0.1) is 0 Å². The number of imidazole rings is 1. The molecule has 1 N–H and O–H groups in total. The van der Waals surface area contributed by atoms with Crippen LogP contribution in [-0.2, 0) is 24.8 Å². The van der Waals surface area contributed by atoms with Gasteiger partial charge in [0, 0.05) is 43.9 Å². The maximum atomic E-state index is 13.2. The highest BCUT2D eigenvalue weighted by Gasteiger charge is 2.26. The second-order valence-corrected chi connectivity index (χ2v) is 8.31. The van der Waals surface area contributed by atoms with E-state index >= 15 is 0 Å². The zero-order valence-electron chi connectivity index (χ0n) is 18.2. The van der Waals surface area contributed by atoms with E-state index in [1.54, 1.807) is 21.1 Å². The molecule has 0 bridgehead atoms. The number of aromatic nitrogens is 2. The molecule has 2 amide bonds. The topological polar surface area (TPSA) is 76.3 Å². The molecule has 162 valence electrons. The molecule has 0 atom stereocenters. The number of nitrogens with zero attached hydrogens (tertiary/aromatic N) is 3. The second kappa shape index (κ2) is 8.41. The van der Waals surface area contributed by atoms with Crippen molar-refractivity contribution in [2.24, 2.45) is 7.05 Å². The highest BCUT2D eigenvalue weighted by Crippen LogP contribution is 2.30. The standard InChI is InChI=1S/C24H28N4O3/c1-16(2)25-23(30)18-8-6-12-19-17(18)9-7-14-27(19)22(29)13-15-28-21-11-5-4-10-20(21)26(3)24(28)31/h4-6,8,10-12,16H,7,9,13-15H2,1-3H3,(H,25,30). The smallest absolute Gasteiger partial charge is 0.328 e. The number of rotatable bonds is 5. The summed E-state index contributed by atoms with van der Waals surface area (Å²) < 4.78 is 3.26. The number of anilines is 1. The number of benzene rings is 2. The molecule has 31 heavy (non-hydrogen) atoms. The van der Waals surface area contributed by atoms with Crippen molar-refractivity contribution >= 4 is 28.5 Å². The lowest BCUT2D eigenvalue weighted by atomic mass is 9.95. The van der Waals surface area contributed by atoms with Crippen LogP contribution >= 0.6 is 0 Å². The van der Waals surface area contributed by atoms with Crippen molar-refractivity contribution in [2.75, 3.05) is 11.4 Å². The van der Waals surface area contributed by atoms with Crippen molar-refractivity contribution < 1.29 is 9.59 Å². The van der Waals surface area contributed by atoms with Crippen molar-refractivity contribution in [2.45, 2.75) is 45.7 Å². The number of hydrogen-bond donors (Lipinski definition) is 1. The highest BCUT2D eigenvalue weighted by atomic mass is 16.2. The average molecular weight is 421 g/mol. The van der Waals surface area contributed by atoms with Crippen molar-refractivity contribution in [3.8, 4) is 0 Å². The molecule has 1 aliphatic heterocycles. The summed E-state index contributed by atoms with van der Waals surface area (Å²) in [7, 11) is 1.74. The van der Waals surface area contributed by atoms with Crippen molar-refractivity contribution in [3.63, 3.8) is 0 Å². The summed E-state index contributed by atoms with van der Waals surface area (Å²) in [6, 6.07) is 13.2. The zero-order valence-corrected chi connectivity index (χ0v) is 18.2. The Bertz CT molecular complexity index is 1210. The lowest BCUT2D eigenvalue weighted by Gasteiger charge is -2.31. The molecule has 2 aromatic carbocycles. The molecule has 2 heterocycles. The van der Waals surface area contributed by atoms with E-state index in [9.17, 15) is 14.4 Å². The summed E-state index contributed by atoms with van der Waals surface area (Å²) in [5.41, 5.74) is 3.91. The Labute approximate surface area is 181 Å². The fourth-order valence-corrected chi connectivity index (χ4v) is 4.36. The summed E-state index contributed by atoms with van der Waals surface area (Å²) in [5, 5.41) is 2.94. The molecule has 1 aliphatic rings. The van der Waals surface area contributed by atoms with Gasteiger partial charge in [-0.3, -0.25) is 18.7 Å². The molecule has 7 heteroatoms. The summed E-state index contributed by atoms with van der Waals surface area (Å²) in [5.74, 6) is -0.148. The van der Waals surface area contributed by atoms with E-state index in [2.05, 4.69) is 5.32 Å². The SMILES string of the molecule is CC(C)NC(=O)c1cccc2c1CCCN2C(=O)CCn1c(=O)n(C)c2ccccc21. The molecular weight excluding hydrogens is 392 g/mol. The minimum Gasteiger partial charge on any atom is -0.350 e. The Hall–Kier alpha value is -3.35. The number of nitrogens with one attached hydrogen (secondary N) is 1. The first-order chi connectivity index (χ1) is 14.9. The van der Waals surface area contributed by atoms with Gasteiger partial charge >= 0.3 is 5.69 Å². The second-order valence-electron chi connectivity index (χ2n) is 8.31. The van der Waals surface area contributed by atoms with E-state index in [0.29, 0.717) is 18.7 Å². The minimum absolute atomic E-state index is 0.0396. The molecule has 3 aromatic rings. The van der Waals surface area contributed by atoms with Gasteiger partial charge in [0.2, 0.25) is 5.91 Å². The Balaban J connectivity index is 1.57. The molecule has 0 unspecified atom stereocenters. The van der Waals surface area contributed by atoms with Crippen LogP contribution in [0.5, 0.6) is 0 Å². The van der Waals surface area contributed by atoms with Crippen LogP contribution in [-0.4, -0.2) is 33.5 Å². The molecule has 0 fully saturated rings. The van der Waals surface area contributed by atoms with Crippen LogP contribution in [0.2, 0.25) is 0 Å². The van der Waals surface area contributed by atoms with E-state index in [-0.39, 0.29) is 30.0 Å². The first-order valence-electron chi connectivity index (χ1n) is 10.8. The minimum atomic E-state index is -0.124. The number of fused-ring (bicyclic) bond motifs is 2. The zero-order chi connectivity index (χ0) is 22.1. The van der Waals surface area contributed by atoms with Gasteiger partial charge in [0.05, 0.1) is 11.0 Å². The summed E-state index contributed by atoms with van der Waals surface area (Å²) in [6.45, 7) is 4.79. The quantitative estimate of drug-likeness (QED) is 0.690. The number of carbonyl (C=O) groups is 2. The van der Waals surface area contributed by atoms with Gasteiger partial charge in [0.15, 0.2) is 0 Å². The van der Waals surface area contributed by atoms with Crippen molar-refractivity contribution in [1.29, 1.82) is 0 Å². The molecule has 0 spiro atoms. The molecule has 0 aliphatic carbocycles. The first kappa shape index (κ1) is 20.9. The van der Waals surface area contributed by atoms with Crippen molar-refractivity contribution in [1.82, 2.24) is 14.5 Å². The van der Waals surface area contributed by atoms with Crippen molar-refractivity contribution in [3.05, 3.63) is 64.1 Å². The molecular formula is C24H28N4O3. The predicted octanol–water partition coefficient (Wildman–Crippen LogP) is 2.85. The molecule has 0 radical (unpaired) electrons. The Morgan fingerprint density at radius 1 is 1.06 bits per heavy atom. The van der Waals surface area contributed by atoms with Crippen LogP contribution in [0.15, 0.2) is 47.3 Å². The number of carbonyl (C=O) groups excluding carboxylic acids is 2. The first-order valence-corrected chi connectivity index (χ1v) is 10.8. The number of aryl methyl sites for hydroxylation is 2. The van der Waals surface area contributed by atoms with E-state index in [0.717, 1.165) is 35.1 Å². The normalized spacial score (nSPS) is 13.5. The monoisotopic (exact) mass is 420 g/mol. The molecule has 0 saturated carbocycles. The van der Waals surface area contributed by atoms with E-state index in [4.69, 9.17) is 0 Å². The molecule has 4 rings (SSSR count). The maximum absolute atomic E-state index is 13.2. The summed E-state index contributed by atoms with van der Waals surface area (Å²) in [6.07, 6.45) is 1.79. The third kappa shape index (κ3) is 3.87. The number of para-hydroxylation sites is 2.